The Kier molecular flexibility index (Phi) is 13.6. The van der Waals surface area contributed by atoms with Crippen molar-refractivity contribution in [2.45, 2.75) is 41.5 Å². The Hall–Kier alpha value is -1.05. The van der Waals surface area contributed by atoms with Gasteiger partial charge in [-0.05, 0) is 0 Å². The SMILES string of the molecule is CC(C)[C](=[Ti+2])C(C)C.CC1=[C-]C(C)C=C1.[Cl-].[Cl-].c1ccc2c(c1)[cH-]c1ccccc12. The summed E-state index contributed by atoms with van der Waals surface area (Å²) in [6.07, 6.45) is 7.47. The van der Waals surface area contributed by atoms with Crippen LogP contribution in [0.2, 0.25) is 0 Å². The Balaban J connectivity index is 0.000000436. The van der Waals surface area contributed by atoms with E-state index in [0.717, 1.165) is 11.8 Å². The van der Waals surface area contributed by atoms with Gasteiger partial charge in [0, 0.05) is 0 Å². The molecule has 0 heterocycles. The van der Waals surface area contributed by atoms with Crippen molar-refractivity contribution in [3.05, 3.63) is 78.4 Å². The monoisotopic (exact) mass is 474 g/mol. The number of fused-ring (bicyclic) bond motifs is 3. The Morgan fingerprint density at radius 3 is 1.57 bits per heavy atom. The molecular weight excluding hydrogens is 443 g/mol. The molecule has 3 aromatic rings. The molecule has 1 aliphatic carbocycles. The summed E-state index contributed by atoms with van der Waals surface area (Å²) in [7, 11) is 0. The predicted octanol–water partition coefficient (Wildman–Crippen LogP) is 1.68. The van der Waals surface area contributed by atoms with E-state index in [0.29, 0.717) is 5.92 Å². The topological polar surface area (TPSA) is 0 Å². The molecule has 0 fully saturated rings. The number of halogens is 2. The Bertz CT molecular complexity index is 916. The van der Waals surface area contributed by atoms with E-state index in [1.165, 1.54) is 27.1 Å². The molecule has 3 aromatic carbocycles. The summed E-state index contributed by atoms with van der Waals surface area (Å²) in [6.45, 7) is 13.2. The van der Waals surface area contributed by atoms with Gasteiger partial charge in [0.15, 0.2) is 0 Å². The van der Waals surface area contributed by atoms with Crippen molar-refractivity contribution in [1.82, 2.24) is 0 Å². The molecule has 0 nitrogen and oxygen atoms in total. The van der Waals surface area contributed by atoms with Gasteiger partial charge in [0.2, 0.25) is 0 Å². The molecule has 0 N–H and O–H groups in total. The molecule has 1 unspecified atom stereocenters. The van der Waals surface area contributed by atoms with E-state index in [2.05, 4.69) is 134 Å². The predicted molar refractivity (Wildman–Crippen MR) is 122 cm³/mol. The first-order chi connectivity index (χ1) is 13.3. The fraction of sp³-hybridized carbons (Fsp3) is 0.333. The summed E-state index contributed by atoms with van der Waals surface area (Å²) in [5.41, 5.74) is 1.27. The van der Waals surface area contributed by atoms with Crippen molar-refractivity contribution in [3.8, 4) is 0 Å². The smallest absolute Gasteiger partial charge is 0.0733 e. The zero-order chi connectivity index (χ0) is 20.7. The van der Waals surface area contributed by atoms with Gasteiger partial charge in [0.1, 0.15) is 0 Å². The fourth-order valence-electron chi connectivity index (χ4n) is 3.31. The molecular formula is C27H32Cl2Ti-2. The molecule has 4 rings (SSSR count). The summed E-state index contributed by atoms with van der Waals surface area (Å²) >= 11 is 2.23. The molecule has 0 saturated carbocycles. The third-order valence-corrected chi connectivity index (χ3v) is 6.66. The van der Waals surface area contributed by atoms with Crippen molar-refractivity contribution in [3.63, 3.8) is 0 Å². The molecule has 0 aromatic heterocycles. The van der Waals surface area contributed by atoms with Crippen LogP contribution in [0, 0.1) is 23.8 Å². The Labute approximate surface area is 206 Å². The summed E-state index contributed by atoms with van der Waals surface area (Å²) in [5.74, 6) is 2.07. The summed E-state index contributed by atoms with van der Waals surface area (Å²) in [4.78, 5) is 0. The van der Waals surface area contributed by atoms with Crippen molar-refractivity contribution in [2.24, 2.45) is 17.8 Å². The third kappa shape index (κ3) is 8.60. The summed E-state index contributed by atoms with van der Waals surface area (Å²) in [5, 5.41) is 5.39. The maximum Gasteiger partial charge on any atom is -0.0733 e. The average Bonchev–Trinajstić information content (AvgIpc) is 3.24. The molecule has 1 atom stereocenters. The molecule has 0 bridgehead atoms. The van der Waals surface area contributed by atoms with Gasteiger partial charge in [-0.1, -0.05) is 56.2 Å². The third-order valence-electron chi connectivity index (χ3n) is 4.86. The molecule has 0 aliphatic heterocycles. The van der Waals surface area contributed by atoms with E-state index in [-0.39, 0.29) is 24.8 Å². The minimum absolute atomic E-state index is 0. The van der Waals surface area contributed by atoms with Crippen molar-refractivity contribution in [1.29, 1.82) is 0 Å². The van der Waals surface area contributed by atoms with Crippen LogP contribution in [0.4, 0.5) is 0 Å². The second-order valence-electron chi connectivity index (χ2n) is 8.06. The van der Waals surface area contributed by atoms with Crippen molar-refractivity contribution >= 4 is 25.4 Å². The van der Waals surface area contributed by atoms with E-state index >= 15 is 0 Å². The fourth-order valence-corrected chi connectivity index (χ4v) is 3.31. The average molecular weight is 475 g/mol. The minimum Gasteiger partial charge on any atom is -1.00 e. The van der Waals surface area contributed by atoms with Gasteiger partial charge in [-0.2, -0.15) is 6.08 Å². The van der Waals surface area contributed by atoms with Crippen LogP contribution < -0.4 is 24.8 Å². The van der Waals surface area contributed by atoms with Gasteiger partial charge in [0.05, 0.1) is 0 Å². The van der Waals surface area contributed by atoms with Gasteiger partial charge in [-0.15, -0.1) is 39.7 Å². The van der Waals surface area contributed by atoms with Crippen LogP contribution in [0.1, 0.15) is 41.5 Å². The van der Waals surface area contributed by atoms with E-state index in [4.69, 9.17) is 0 Å². The standard InChI is InChI=1S/C13H9.C7H9.C7H14.2ClH.Ti/c1-3-7-12-10(5-1)9-11-6-2-4-8-13(11)12;1-6-3-4-7(2)5-6;1-6(2)5-7(3)4;;;/h1-9H;3-4,6H,1-2H3;6-7H,1-4H3;2*1H;/q2*-1;;;;+2/p-2. The van der Waals surface area contributed by atoms with Gasteiger partial charge < -0.3 is 24.8 Å². The minimum atomic E-state index is 0. The normalized spacial score (nSPS) is 14.3. The van der Waals surface area contributed by atoms with Gasteiger partial charge in [-0.25, -0.2) is 11.6 Å². The quantitative estimate of drug-likeness (QED) is 0.391. The van der Waals surface area contributed by atoms with Crippen LogP contribution in [-0.4, -0.2) is 3.81 Å². The first-order valence-corrected chi connectivity index (χ1v) is 11.0. The van der Waals surface area contributed by atoms with E-state index < -0.39 is 0 Å². The van der Waals surface area contributed by atoms with Gasteiger partial charge in [0.25, 0.3) is 0 Å². The van der Waals surface area contributed by atoms with Gasteiger partial charge >= 0.3 is 63.3 Å². The Morgan fingerprint density at radius 1 is 0.867 bits per heavy atom. The van der Waals surface area contributed by atoms with Gasteiger partial charge in [-0.3, -0.25) is 6.08 Å². The Morgan fingerprint density at radius 2 is 1.30 bits per heavy atom. The molecule has 30 heavy (non-hydrogen) atoms. The summed E-state index contributed by atoms with van der Waals surface area (Å²) < 4.78 is 1.60. The second kappa shape index (κ2) is 14.1. The van der Waals surface area contributed by atoms with Crippen LogP contribution in [0.25, 0.3) is 21.5 Å². The number of hydrogen-bond donors (Lipinski definition) is 0. The number of hydrogen-bond acceptors (Lipinski definition) is 0. The second-order valence-corrected chi connectivity index (χ2v) is 8.96. The molecule has 160 valence electrons. The molecule has 0 radical (unpaired) electrons. The summed E-state index contributed by atoms with van der Waals surface area (Å²) in [6, 6.07) is 19.3. The zero-order valence-electron chi connectivity index (χ0n) is 18.8. The van der Waals surface area contributed by atoms with Crippen molar-refractivity contribution < 1.29 is 44.8 Å². The van der Waals surface area contributed by atoms with Crippen LogP contribution in [0.15, 0.2) is 72.3 Å². The number of benzene rings is 2. The first kappa shape index (κ1) is 29.0. The maximum absolute atomic E-state index is 3.22. The van der Waals surface area contributed by atoms with Crippen LogP contribution in [0.3, 0.4) is 0 Å². The zero-order valence-corrected chi connectivity index (χ0v) is 21.9. The van der Waals surface area contributed by atoms with Crippen molar-refractivity contribution in [2.75, 3.05) is 0 Å². The largest absolute Gasteiger partial charge is 1.00 e. The first-order valence-electron chi connectivity index (χ1n) is 10.2. The van der Waals surface area contributed by atoms with Crippen LogP contribution in [0.5, 0.6) is 0 Å². The van der Waals surface area contributed by atoms with Crippen LogP contribution in [-0.2, 0) is 20.0 Å². The molecule has 0 spiro atoms. The molecule has 1 aliphatic rings. The van der Waals surface area contributed by atoms with E-state index in [1.54, 1.807) is 3.81 Å². The maximum atomic E-state index is 3.22. The van der Waals surface area contributed by atoms with E-state index in [1.807, 2.05) is 0 Å². The number of allylic oxidation sites excluding steroid dienone is 4. The molecule has 0 saturated heterocycles. The number of rotatable bonds is 2. The van der Waals surface area contributed by atoms with E-state index in [9.17, 15) is 0 Å². The molecule has 3 heteroatoms. The van der Waals surface area contributed by atoms with Crippen LogP contribution >= 0.6 is 0 Å². The molecule has 0 amide bonds.